The summed E-state index contributed by atoms with van der Waals surface area (Å²) in [6.07, 6.45) is 0. The number of halogens is 1. The largest absolute Gasteiger partial charge is 0.463 e. The summed E-state index contributed by atoms with van der Waals surface area (Å²) >= 11 is 0. The molecule has 3 amide bonds. The van der Waals surface area contributed by atoms with Crippen LogP contribution in [0.25, 0.3) is 0 Å². The second-order valence-electron chi connectivity index (χ2n) is 10.1. The van der Waals surface area contributed by atoms with Crippen LogP contribution < -0.4 is 10.1 Å². The van der Waals surface area contributed by atoms with Crippen molar-refractivity contribution in [2.45, 2.75) is 13.0 Å². The van der Waals surface area contributed by atoms with Gasteiger partial charge in [0, 0.05) is 45.5 Å². The molecule has 2 aliphatic heterocycles. The summed E-state index contributed by atoms with van der Waals surface area (Å²) in [5.41, 5.74) is 1.57. The van der Waals surface area contributed by atoms with Gasteiger partial charge in [-0.1, -0.05) is 42.5 Å². The lowest BCUT2D eigenvalue weighted by molar-refractivity contribution is -0.139. The topological polar surface area (TPSA) is 91.4 Å². The maximum Gasteiger partial charge on any atom is 0.338 e. The third-order valence-electron chi connectivity index (χ3n) is 7.38. The van der Waals surface area contributed by atoms with E-state index in [1.54, 1.807) is 37.1 Å². The van der Waals surface area contributed by atoms with Gasteiger partial charge < -0.3 is 19.7 Å². The normalized spacial score (nSPS) is 17.6. The molecule has 3 aromatic rings. The van der Waals surface area contributed by atoms with E-state index in [-0.39, 0.29) is 30.7 Å². The SMILES string of the molecule is CCOC(=O)C1=C(CN2CCN(C(=O)c3ccccc3F)CC2)N(C)C(=O)N[C@@H]1c1cccc(Oc2ccccc2)c1. The molecule has 1 saturated heterocycles. The first-order valence-corrected chi connectivity index (χ1v) is 13.9. The van der Waals surface area contributed by atoms with Gasteiger partial charge in [-0.05, 0) is 48.9 Å². The Kier molecular flexibility index (Phi) is 8.83. The van der Waals surface area contributed by atoms with Crippen LogP contribution in [0.5, 0.6) is 11.5 Å². The molecule has 0 aromatic heterocycles. The number of ether oxygens (including phenoxy) is 2. The van der Waals surface area contributed by atoms with Crippen molar-refractivity contribution in [2.24, 2.45) is 0 Å². The van der Waals surface area contributed by atoms with E-state index in [1.165, 1.54) is 17.0 Å². The number of esters is 1. The predicted octanol–water partition coefficient (Wildman–Crippen LogP) is 4.59. The van der Waals surface area contributed by atoms with Gasteiger partial charge in [0.1, 0.15) is 17.3 Å². The smallest absolute Gasteiger partial charge is 0.338 e. The Morgan fingerprint density at radius 3 is 2.33 bits per heavy atom. The number of carbonyl (C=O) groups excluding carboxylic acids is 3. The Bertz CT molecular complexity index is 1490. The molecule has 0 spiro atoms. The Labute approximate surface area is 244 Å². The van der Waals surface area contributed by atoms with Crippen LogP contribution in [0.1, 0.15) is 28.9 Å². The number of piperazine rings is 1. The van der Waals surface area contributed by atoms with Crippen LogP contribution in [0, 0.1) is 5.82 Å². The van der Waals surface area contributed by atoms with Gasteiger partial charge in [0.15, 0.2) is 0 Å². The Balaban J connectivity index is 1.39. The number of para-hydroxylation sites is 1. The standard InChI is InChI=1S/C32H33FN4O5/c1-3-41-31(39)28-27(21-36-16-18-37(19-17-36)30(38)25-14-7-8-15-26(25)33)35(2)32(40)34-29(28)22-10-9-13-24(20-22)42-23-11-5-4-6-12-23/h4-15,20,29H,3,16-19,21H2,1-2H3,(H,34,40)/t29-/m1/s1. The number of amides is 3. The molecule has 1 fully saturated rings. The van der Waals surface area contributed by atoms with Crippen molar-refractivity contribution >= 4 is 17.9 Å². The summed E-state index contributed by atoms with van der Waals surface area (Å²) in [7, 11) is 1.62. The highest BCUT2D eigenvalue weighted by molar-refractivity contribution is 5.95. The van der Waals surface area contributed by atoms with E-state index in [0.717, 1.165) is 0 Å². The summed E-state index contributed by atoms with van der Waals surface area (Å²) in [4.78, 5) is 44.6. The fraction of sp³-hybridized carbons (Fsp3) is 0.281. The van der Waals surface area contributed by atoms with Crippen LogP contribution in [0.4, 0.5) is 9.18 Å². The molecule has 9 nitrogen and oxygen atoms in total. The molecule has 1 N–H and O–H groups in total. The summed E-state index contributed by atoms with van der Waals surface area (Å²) in [6, 6.07) is 21.4. The molecular formula is C32H33FN4O5. The van der Waals surface area contributed by atoms with Crippen LogP contribution in [-0.2, 0) is 9.53 Å². The third-order valence-corrected chi connectivity index (χ3v) is 7.38. The minimum absolute atomic E-state index is 0.0447. The number of rotatable bonds is 8. The van der Waals surface area contributed by atoms with Gasteiger partial charge in [0.2, 0.25) is 0 Å². The first kappa shape index (κ1) is 28.8. The van der Waals surface area contributed by atoms with Crippen LogP contribution in [0.3, 0.4) is 0 Å². The summed E-state index contributed by atoms with van der Waals surface area (Å²) in [5.74, 6) is -0.199. The van der Waals surface area contributed by atoms with Gasteiger partial charge in [-0.3, -0.25) is 14.6 Å². The monoisotopic (exact) mass is 572 g/mol. The second-order valence-corrected chi connectivity index (χ2v) is 10.1. The zero-order valence-electron chi connectivity index (χ0n) is 23.6. The predicted molar refractivity (Wildman–Crippen MR) is 154 cm³/mol. The molecular weight excluding hydrogens is 539 g/mol. The Morgan fingerprint density at radius 1 is 0.929 bits per heavy atom. The molecule has 1 atom stereocenters. The van der Waals surface area contributed by atoms with E-state index in [1.807, 2.05) is 48.5 Å². The average molecular weight is 573 g/mol. The molecule has 218 valence electrons. The molecule has 42 heavy (non-hydrogen) atoms. The van der Waals surface area contributed by atoms with Crippen LogP contribution in [-0.4, -0.2) is 79.0 Å². The molecule has 0 unspecified atom stereocenters. The van der Waals surface area contributed by atoms with E-state index in [0.29, 0.717) is 54.5 Å². The van der Waals surface area contributed by atoms with Gasteiger partial charge >= 0.3 is 12.0 Å². The van der Waals surface area contributed by atoms with Crippen molar-refractivity contribution in [1.29, 1.82) is 0 Å². The summed E-state index contributed by atoms with van der Waals surface area (Å²) in [6.45, 7) is 3.93. The number of urea groups is 1. The van der Waals surface area contributed by atoms with E-state index in [9.17, 15) is 18.8 Å². The molecule has 0 radical (unpaired) electrons. The highest BCUT2D eigenvalue weighted by atomic mass is 19.1. The summed E-state index contributed by atoms with van der Waals surface area (Å²) < 4.78 is 25.7. The third kappa shape index (κ3) is 6.28. The molecule has 5 rings (SSSR count). The van der Waals surface area contributed by atoms with Crippen molar-refractivity contribution in [3.05, 3.63) is 107 Å². The average Bonchev–Trinajstić information content (AvgIpc) is 3.00. The fourth-order valence-electron chi connectivity index (χ4n) is 5.16. The first-order valence-electron chi connectivity index (χ1n) is 13.9. The minimum Gasteiger partial charge on any atom is -0.463 e. The first-order chi connectivity index (χ1) is 20.4. The van der Waals surface area contributed by atoms with E-state index >= 15 is 0 Å². The van der Waals surface area contributed by atoms with Crippen LogP contribution in [0.15, 0.2) is 90.1 Å². The van der Waals surface area contributed by atoms with E-state index in [2.05, 4.69) is 10.2 Å². The van der Waals surface area contributed by atoms with Gasteiger partial charge in [-0.15, -0.1) is 0 Å². The minimum atomic E-state index is -0.758. The van der Waals surface area contributed by atoms with Gasteiger partial charge in [-0.25, -0.2) is 14.0 Å². The number of benzene rings is 3. The lowest BCUT2D eigenvalue weighted by Gasteiger charge is -2.39. The molecule has 0 saturated carbocycles. The number of nitrogens with zero attached hydrogens (tertiary/aromatic N) is 3. The van der Waals surface area contributed by atoms with Crippen LogP contribution in [0.2, 0.25) is 0 Å². The van der Waals surface area contributed by atoms with Crippen molar-refractivity contribution in [3.8, 4) is 11.5 Å². The summed E-state index contributed by atoms with van der Waals surface area (Å²) in [5, 5.41) is 2.94. The molecule has 0 bridgehead atoms. The second kappa shape index (κ2) is 12.9. The maximum atomic E-state index is 14.2. The number of likely N-dealkylation sites (N-methyl/N-ethyl adjacent to an activating group) is 1. The van der Waals surface area contributed by atoms with Crippen molar-refractivity contribution < 1.29 is 28.2 Å². The fourth-order valence-corrected chi connectivity index (χ4v) is 5.16. The van der Waals surface area contributed by atoms with E-state index < -0.39 is 17.8 Å². The Hall–Kier alpha value is -4.70. The number of hydrogen-bond acceptors (Lipinski definition) is 6. The molecule has 2 heterocycles. The quantitative estimate of drug-likeness (QED) is 0.397. The van der Waals surface area contributed by atoms with Crippen molar-refractivity contribution in [2.75, 3.05) is 46.4 Å². The highest BCUT2D eigenvalue weighted by Gasteiger charge is 2.38. The van der Waals surface area contributed by atoms with Gasteiger partial charge in [0.05, 0.1) is 23.8 Å². The molecule has 2 aliphatic rings. The van der Waals surface area contributed by atoms with Crippen molar-refractivity contribution in [1.82, 2.24) is 20.0 Å². The van der Waals surface area contributed by atoms with E-state index in [4.69, 9.17) is 9.47 Å². The van der Waals surface area contributed by atoms with Gasteiger partial charge in [0.25, 0.3) is 5.91 Å². The number of carbonyl (C=O) groups is 3. The lowest BCUT2D eigenvalue weighted by Crippen LogP contribution is -2.53. The number of nitrogens with one attached hydrogen (secondary N) is 1. The van der Waals surface area contributed by atoms with Crippen LogP contribution >= 0.6 is 0 Å². The van der Waals surface area contributed by atoms with Gasteiger partial charge in [-0.2, -0.15) is 0 Å². The molecule has 0 aliphatic carbocycles. The molecule has 3 aromatic carbocycles. The zero-order chi connectivity index (χ0) is 29.6. The highest BCUT2D eigenvalue weighted by Crippen LogP contribution is 2.34. The number of hydrogen-bond donors (Lipinski definition) is 1. The molecule has 10 heteroatoms. The zero-order valence-corrected chi connectivity index (χ0v) is 23.6. The lowest BCUT2D eigenvalue weighted by atomic mass is 9.94. The van der Waals surface area contributed by atoms with Crippen molar-refractivity contribution in [3.63, 3.8) is 0 Å². The maximum absolute atomic E-state index is 14.2. The Morgan fingerprint density at radius 2 is 1.62 bits per heavy atom.